The van der Waals surface area contributed by atoms with Crippen LogP contribution >= 0.6 is 0 Å². The highest BCUT2D eigenvalue weighted by molar-refractivity contribution is 5.78. The standard InChI is InChI=1S/C15H32N2O4/c1-6-8-16-15(3,14(18)19)7-9-17(10-11-20-4)13(2)12-21-5/h13,16H,6-12H2,1-5H3,(H,18,19). The van der Waals surface area contributed by atoms with Crippen LogP contribution < -0.4 is 5.32 Å². The summed E-state index contributed by atoms with van der Waals surface area (Å²) in [6.45, 7) is 9.26. The van der Waals surface area contributed by atoms with Gasteiger partial charge in [0.05, 0.1) is 13.2 Å². The molecule has 0 saturated carbocycles. The molecule has 0 heterocycles. The van der Waals surface area contributed by atoms with Crippen LogP contribution in [0.15, 0.2) is 0 Å². The molecule has 21 heavy (non-hydrogen) atoms. The van der Waals surface area contributed by atoms with Crippen LogP contribution in [0, 0.1) is 0 Å². The fourth-order valence-corrected chi connectivity index (χ4v) is 2.15. The summed E-state index contributed by atoms with van der Waals surface area (Å²) < 4.78 is 10.3. The number of nitrogens with one attached hydrogen (secondary N) is 1. The first-order chi connectivity index (χ1) is 9.91. The first kappa shape index (κ1) is 20.3. The van der Waals surface area contributed by atoms with E-state index in [1.807, 2.05) is 6.92 Å². The molecule has 0 aliphatic heterocycles. The largest absolute Gasteiger partial charge is 0.480 e. The molecule has 0 amide bonds. The number of carboxylic acid groups (broad SMARTS) is 1. The van der Waals surface area contributed by atoms with Gasteiger partial charge in [-0.3, -0.25) is 9.69 Å². The number of hydrogen-bond acceptors (Lipinski definition) is 5. The molecule has 0 aliphatic carbocycles. The van der Waals surface area contributed by atoms with E-state index in [4.69, 9.17) is 9.47 Å². The molecule has 0 rings (SSSR count). The average molecular weight is 304 g/mol. The third kappa shape index (κ3) is 7.76. The molecule has 0 aromatic heterocycles. The first-order valence-electron chi connectivity index (χ1n) is 7.61. The normalized spacial score (nSPS) is 15.9. The minimum atomic E-state index is -0.895. The van der Waals surface area contributed by atoms with Crippen LogP contribution in [0.2, 0.25) is 0 Å². The van der Waals surface area contributed by atoms with Crippen LogP contribution in [0.5, 0.6) is 0 Å². The van der Waals surface area contributed by atoms with Gasteiger partial charge in [-0.2, -0.15) is 0 Å². The Morgan fingerprint density at radius 3 is 2.48 bits per heavy atom. The van der Waals surface area contributed by atoms with Gasteiger partial charge < -0.3 is 19.9 Å². The van der Waals surface area contributed by atoms with Gasteiger partial charge in [-0.15, -0.1) is 0 Å². The maximum absolute atomic E-state index is 11.5. The number of aliphatic carboxylic acids is 1. The molecule has 6 nitrogen and oxygen atoms in total. The topological polar surface area (TPSA) is 71.0 Å². The number of hydrogen-bond donors (Lipinski definition) is 2. The van der Waals surface area contributed by atoms with Crippen molar-refractivity contribution in [2.75, 3.05) is 47.1 Å². The second-order valence-corrected chi connectivity index (χ2v) is 5.65. The highest BCUT2D eigenvalue weighted by Crippen LogP contribution is 2.13. The Labute approximate surface area is 128 Å². The Morgan fingerprint density at radius 2 is 2.00 bits per heavy atom. The van der Waals surface area contributed by atoms with E-state index in [2.05, 4.69) is 17.1 Å². The summed E-state index contributed by atoms with van der Waals surface area (Å²) in [4.78, 5) is 13.7. The molecule has 2 atom stereocenters. The van der Waals surface area contributed by atoms with Crippen LogP contribution in [-0.2, 0) is 14.3 Å². The maximum Gasteiger partial charge on any atom is 0.323 e. The second kappa shape index (κ2) is 11.0. The Bertz CT molecular complexity index is 289. The zero-order chi connectivity index (χ0) is 16.3. The molecular formula is C15H32N2O4. The first-order valence-corrected chi connectivity index (χ1v) is 7.61. The monoisotopic (exact) mass is 304 g/mol. The zero-order valence-electron chi connectivity index (χ0n) is 14.1. The number of rotatable bonds is 13. The smallest absolute Gasteiger partial charge is 0.323 e. The van der Waals surface area contributed by atoms with Crippen molar-refractivity contribution in [1.82, 2.24) is 10.2 Å². The lowest BCUT2D eigenvalue weighted by molar-refractivity contribution is -0.144. The van der Waals surface area contributed by atoms with Gasteiger partial charge in [0.15, 0.2) is 0 Å². The van der Waals surface area contributed by atoms with E-state index in [0.29, 0.717) is 32.7 Å². The number of nitrogens with zero attached hydrogens (tertiary/aromatic N) is 1. The predicted molar refractivity (Wildman–Crippen MR) is 83.7 cm³/mol. The summed E-state index contributed by atoms with van der Waals surface area (Å²) in [6.07, 6.45) is 1.45. The highest BCUT2D eigenvalue weighted by Gasteiger charge is 2.32. The Balaban J connectivity index is 4.62. The summed E-state index contributed by atoms with van der Waals surface area (Å²) in [5.41, 5.74) is -0.895. The van der Waals surface area contributed by atoms with Crippen molar-refractivity contribution in [1.29, 1.82) is 0 Å². The number of methoxy groups -OCH3 is 2. The van der Waals surface area contributed by atoms with Crippen LogP contribution in [0.25, 0.3) is 0 Å². The number of carboxylic acids is 1. The van der Waals surface area contributed by atoms with Gasteiger partial charge >= 0.3 is 5.97 Å². The third-order valence-electron chi connectivity index (χ3n) is 3.75. The van der Waals surface area contributed by atoms with Gasteiger partial charge in [-0.1, -0.05) is 6.92 Å². The van der Waals surface area contributed by atoms with Crippen molar-refractivity contribution in [3.8, 4) is 0 Å². The lowest BCUT2D eigenvalue weighted by Gasteiger charge is -2.33. The van der Waals surface area contributed by atoms with E-state index in [1.165, 1.54) is 0 Å². The van der Waals surface area contributed by atoms with Crippen molar-refractivity contribution >= 4 is 5.97 Å². The molecule has 0 aromatic carbocycles. The van der Waals surface area contributed by atoms with Gasteiger partial charge in [0, 0.05) is 33.4 Å². The second-order valence-electron chi connectivity index (χ2n) is 5.65. The molecule has 0 radical (unpaired) electrons. The minimum Gasteiger partial charge on any atom is -0.480 e. The van der Waals surface area contributed by atoms with Crippen molar-refractivity contribution in [3.63, 3.8) is 0 Å². The van der Waals surface area contributed by atoms with E-state index in [0.717, 1.165) is 13.0 Å². The molecule has 0 saturated heterocycles. The molecular weight excluding hydrogens is 272 g/mol. The molecule has 126 valence electrons. The Morgan fingerprint density at radius 1 is 1.33 bits per heavy atom. The lowest BCUT2D eigenvalue weighted by Crippen LogP contribution is -2.52. The molecule has 0 fully saturated rings. The van der Waals surface area contributed by atoms with Crippen LogP contribution in [0.1, 0.15) is 33.6 Å². The lowest BCUT2D eigenvalue weighted by atomic mass is 9.97. The maximum atomic E-state index is 11.5. The van der Waals surface area contributed by atoms with Gasteiger partial charge in [0.1, 0.15) is 5.54 Å². The van der Waals surface area contributed by atoms with Crippen LogP contribution in [0.3, 0.4) is 0 Å². The van der Waals surface area contributed by atoms with E-state index < -0.39 is 11.5 Å². The SMILES string of the molecule is CCCNC(C)(CCN(CCOC)C(C)COC)C(=O)O. The fraction of sp³-hybridized carbons (Fsp3) is 0.933. The molecule has 2 N–H and O–H groups in total. The number of ether oxygens (including phenoxy) is 2. The van der Waals surface area contributed by atoms with Gasteiger partial charge in [0.25, 0.3) is 0 Å². The van der Waals surface area contributed by atoms with E-state index in [9.17, 15) is 9.90 Å². The van der Waals surface area contributed by atoms with E-state index in [1.54, 1.807) is 21.1 Å². The molecule has 0 aliphatic rings. The molecule has 0 spiro atoms. The molecule has 0 aromatic rings. The average Bonchev–Trinajstić information content (AvgIpc) is 2.45. The number of carbonyl (C=O) groups is 1. The van der Waals surface area contributed by atoms with E-state index >= 15 is 0 Å². The van der Waals surface area contributed by atoms with Crippen molar-refractivity contribution in [2.45, 2.75) is 45.2 Å². The predicted octanol–water partition coefficient (Wildman–Crippen LogP) is 1.20. The van der Waals surface area contributed by atoms with Gasteiger partial charge in [0.2, 0.25) is 0 Å². The molecule has 2 unspecified atom stereocenters. The van der Waals surface area contributed by atoms with Gasteiger partial charge in [-0.05, 0) is 33.2 Å². The van der Waals surface area contributed by atoms with Crippen molar-refractivity contribution in [2.24, 2.45) is 0 Å². The molecule has 6 heteroatoms. The Hall–Kier alpha value is -0.690. The highest BCUT2D eigenvalue weighted by atomic mass is 16.5. The van der Waals surface area contributed by atoms with Crippen molar-refractivity contribution < 1.29 is 19.4 Å². The summed E-state index contributed by atoms with van der Waals surface area (Å²) in [5, 5.41) is 12.6. The van der Waals surface area contributed by atoms with Crippen LogP contribution in [0.4, 0.5) is 0 Å². The third-order valence-corrected chi connectivity index (χ3v) is 3.75. The molecule has 0 bridgehead atoms. The Kier molecular flexibility index (Phi) is 10.6. The summed E-state index contributed by atoms with van der Waals surface area (Å²) in [6, 6.07) is 0.231. The quantitative estimate of drug-likeness (QED) is 0.533. The summed E-state index contributed by atoms with van der Waals surface area (Å²) in [5.74, 6) is -0.804. The fourth-order valence-electron chi connectivity index (χ4n) is 2.15. The van der Waals surface area contributed by atoms with Crippen molar-refractivity contribution in [3.05, 3.63) is 0 Å². The minimum absolute atomic E-state index is 0.231. The van der Waals surface area contributed by atoms with Gasteiger partial charge in [-0.25, -0.2) is 0 Å². The summed E-state index contributed by atoms with van der Waals surface area (Å²) >= 11 is 0. The summed E-state index contributed by atoms with van der Waals surface area (Å²) in [7, 11) is 3.35. The van der Waals surface area contributed by atoms with Crippen LogP contribution in [-0.4, -0.2) is 74.6 Å². The van der Waals surface area contributed by atoms with E-state index in [-0.39, 0.29) is 6.04 Å². The zero-order valence-corrected chi connectivity index (χ0v) is 14.1.